The number of para-hydroxylation sites is 2. The van der Waals surface area contributed by atoms with Crippen molar-refractivity contribution in [2.45, 2.75) is 13.8 Å². The number of hydrogen-bond acceptors (Lipinski definition) is 4. The van der Waals surface area contributed by atoms with Crippen LogP contribution in [0.25, 0.3) is 0 Å². The molecule has 3 N–H and O–H groups in total. The van der Waals surface area contributed by atoms with Crippen LogP contribution in [0.15, 0.2) is 30.3 Å². The van der Waals surface area contributed by atoms with Gasteiger partial charge in [-0.15, -0.1) is 0 Å². The van der Waals surface area contributed by atoms with Crippen molar-refractivity contribution in [2.75, 3.05) is 17.7 Å². The summed E-state index contributed by atoms with van der Waals surface area (Å²) in [6.07, 6.45) is 0. The molecule has 1 heterocycles. The number of benzene rings is 1. The highest BCUT2D eigenvalue weighted by Crippen LogP contribution is 2.27. The van der Waals surface area contributed by atoms with Gasteiger partial charge in [0.1, 0.15) is 0 Å². The van der Waals surface area contributed by atoms with Gasteiger partial charge in [-0.3, -0.25) is 0 Å². The number of nitrogens with one attached hydrogen (secondary N) is 1. The van der Waals surface area contributed by atoms with Gasteiger partial charge in [-0.25, -0.2) is 4.79 Å². The predicted octanol–water partition coefficient (Wildman–Crippen LogP) is 2.84. The number of nitrogens with zero attached hydrogens (tertiary/aromatic N) is 1. The second-order valence-electron chi connectivity index (χ2n) is 4.54. The highest BCUT2D eigenvalue weighted by atomic mass is 16.5. The SMILES string of the molecule is CCOC(=O)c1c(Nc2ccccc2N)cc(C)n1C. The van der Waals surface area contributed by atoms with Gasteiger partial charge < -0.3 is 20.4 Å². The molecule has 0 saturated heterocycles. The molecule has 5 heteroatoms. The van der Waals surface area contributed by atoms with Crippen molar-refractivity contribution in [3.05, 3.63) is 41.7 Å². The molecular weight excluding hydrogens is 254 g/mol. The number of hydrogen-bond donors (Lipinski definition) is 2. The summed E-state index contributed by atoms with van der Waals surface area (Å²) < 4.78 is 6.90. The van der Waals surface area contributed by atoms with Crippen LogP contribution in [-0.2, 0) is 11.8 Å². The van der Waals surface area contributed by atoms with E-state index in [1.807, 2.05) is 44.3 Å². The van der Waals surface area contributed by atoms with Crippen molar-refractivity contribution in [1.29, 1.82) is 0 Å². The van der Waals surface area contributed by atoms with E-state index < -0.39 is 0 Å². The van der Waals surface area contributed by atoms with Gasteiger partial charge in [0.25, 0.3) is 0 Å². The van der Waals surface area contributed by atoms with Crippen LogP contribution >= 0.6 is 0 Å². The summed E-state index contributed by atoms with van der Waals surface area (Å²) in [6, 6.07) is 9.33. The number of carbonyl (C=O) groups excluding carboxylic acids is 1. The van der Waals surface area contributed by atoms with Gasteiger partial charge in [-0.2, -0.15) is 0 Å². The van der Waals surface area contributed by atoms with E-state index in [0.29, 0.717) is 23.7 Å². The molecule has 0 radical (unpaired) electrons. The van der Waals surface area contributed by atoms with E-state index in [9.17, 15) is 4.79 Å². The molecule has 0 amide bonds. The van der Waals surface area contributed by atoms with E-state index in [4.69, 9.17) is 10.5 Å². The molecule has 0 atom stereocenters. The first-order valence-corrected chi connectivity index (χ1v) is 6.49. The maximum atomic E-state index is 12.1. The number of aromatic nitrogens is 1. The molecule has 2 rings (SSSR count). The number of nitrogen functional groups attached to an aromatic ring is 1. The van der Waals surface area contributed by atoms with E-state index in [1.54, 1.807) is 11.5 Å². The summed E-state index contributed by atoms with van der Waals surface area (Å²) in [5.41, 5.74) is 9.46. The Kier molecular flexibility index (Phi) is 3.98. The zero-order valence-electron chi connectivity index (χ0n) is 11.9. The molecule has 20 heavy (non-hydrogen) atoms. The number of rotatable bonds is 4. The van der Waals surface area contributed by atoms with Crippen LogP contribution in [-0.4, -0.2) is 17.1 Å². The van der Waals surface area contributed by atoms with Crippen LogP contribution in [0.5, 0.6) is 0 Å². The number of nitrogens with two attached hydrogens (primary N) is 1. The third kappa shape index (κ3) is 2.61. The number of carbonyl (C=O) groups is 1. The van der Waals surface area contributed by atoms with Gasteiger partial charge in [0.2, 0.25) is 0 Å². The number of ether oxygens (including phenoxy) is 1. The molecule has 2 aromatic rings. The minimum atomic E-state index is -0.347. The maximum Gasteiger partial charge on any atom is 0.357 e. The van der Waals surface area contributed by atoms with Crippen LogP contribution < -0.4 is 11.1 Å². The lowest BCUT2D eigenvalue weighted by molar-refractivity contribution is 0.0516. The van der Waals surface area contributed by atoms with Gasteiger partial charge in [0, 0.05) is 12.7 Å². The summed E-state index contributed by atoms with van der Waals surface area (Å²) in [5, 5.41) is 3.20. The standard InChI is InChI=1S/C15H19N3O2/c1-4-20-15(19)14-13(9-10(2)18(14)3)17-12-8-6-5-7-11(12)16/h5-9,17H,4,16H2,1-3H3. The molecule has 0 spiro atoms. The number of aryl methyl sites for hydroxylation is 1. The van der Waals surface area contributed by atoms with Crippen molar-refractivity contribution in [2.24, 2.45) is 7.05 Å². The van der Waals surface area contributed by atoms with Crippen molar-refractivity contribution < 1.29 is 9.53 Å². The van der Waals surface area contributed by atoms with E-state index in [1.165, 1.54) is 0 Å². The molecule has 0 aliphatic heterocycles. The minimum Gasteiger partial charge on any atom is -0.461 e. The number of esters is 1. The van der Waals surface area contributed by atoms with E-state index in [2.05, 4.69) is 5.32 Å². The van der Waals surface area contributed by atoms with Crippen LogP contribution in [0.2, 0.25) is 0 Å². The summed E-state index contributed by atoms with van der Waals surface area (Å²) in [4.78, 5) is 12.1. The van der Waals surface area contributed by atoms with E-state index in [0.717, 1.165) is 11.4 Å². The average molecular weight is 273 g/mol. The molecular formula is C15H19N3O2. The predicted molar refractivity (Wildman–Crippen MR) is 80.2 cm³/mol. The zero-order valence-corrected chi connectivity index (χ0v) is 11.9. The zero-order chi connectivity index (χ0) is 14.7. The summed E-state index contributed by atoms with van der Waals surface area (Å²) in [5.74, 6) is -0.347. The largest absolute Gasteiger partial charge is 0.461 e. The normalized spacial score (nSPS) is 10.3. The Labute approximate surface area is 118 Å². The van der Waals surface area contributed by atoms with Gasteiger partial charge in [-0.1, -0.05) is 12.1 Å². The van der Waals surface area contributed by atoms with Crippen LogP contribution in [0.3, 0.4) is 0 Å². The molecule has 0 saturated carbocycles. The Balaban J connectivity index is 2.40. The monoisotopic (exact) mass is 273 g/mol. The third-order valence-electron chi connectivity index (χ3n) is 3.17. The van der Waals surface area contributed by atoms with Crippen molar-refractivity contribution in [3.63, 3.8) is 0 Å². The highest BCUT2D eigenvalue weighted by molar-refractivity contribution is 5.96. The highest BCUT2D eigenvalue weighted by Gasteiger charge is 2.19. The Hall–Kier alpha value is -2.43. The maximum absolute atomic E-state index is 12.1. The molecule has 1 aromatic heterocycles. The van der Waals surface area contributed by atoms with Gasteiger partial charge in [-0.05, 0) is 32.0 Å². The molecule has 0 bridgehead atoms. The Morgan fingerprint density at radius 2 is 2.05 bits per heavy atom. The smallest absolute Gasteiger partial charge is 0.357 e. The fourth-order valence-corrected chi connectivity index (χ4v) is 2.03. The molecule has 0 fully saturated rings. The fraction of sp³-hybridized carbons (Fsp3) is 0.267. The molecule has 0 aliphatic rings. The Morgan fingerprint density at radius 1 is 1.35 bits per heavy atom. The molecule has 0 unspecified atom stereocenters. The first-order valence-electron chi connectivity index (χ1n) is 6.49. The topological polar surface area (TPSA) is 69.3 Å². The third-order valence-corrected chi connectivity index (χ3v) is 3.17. The molecule has 0 aliphatic carbocycles. The summed E-state index contributed by atoms with van der Waals surface area (Å²) in [6.45, 7) is 4.06. The lowest BCUT2D eigenvalue weighted by Crippen LogP contribution is -2.12. The lowest BCUT2D eigenvalue weighted by Gasteiger charge is -2.11. The van der Waals surface area contributed by atoms with Crippen molar-refractivity contribution in [1.82, 2.24) is 4.57 Å². The summed E-state index contributed by atoms with van der Waals surface area (Å²) in [7, 11) is 1.83. The quantitative estimate of drug-likeness (QED) is 0.664. The van der Waals surface area contributed by atoms with Crippen LogP contribution in [0.4, 0.5) is 17.1 Å². The van der Waals surface area contributed by atoms with E-state index in [-0.39, 0.29) is 5.97 Å². The molecule has 5 nitrogen and oxygen atoms in total. The van der Waals surface area contributed by atoms with Gasteiger partial charge in [0.05, 0.1) is 23.7 Å². The first kappa shape index (κ1) is 14.0. The van der Waals surface area contributed by atoms with Crippen LogP contribution in [0, 0.1) is 6.92 Å². The molecule has 1 aromatic carbocycles. The molecule has 106 valence electrons. The summed E-state index contributed by atoms with van der Waals surface area (Å²) >= 11 is 0. The van der Waals surface area contributed by atoms with Gasteiger partial charge in [0.15, 0.2) is 5.69 Å². The van der Waals surface area contributed by atoms with Crippen molar-refractivity contribution >= 4 is 23.0 Å². The van der Waals surface area contributed by atoms with Crippen molar-refractivity contribution in [3.8, 4) is 0 Å². The fourth-order valence-electron chi connectivity index (χ4n) is 2.03. The number of anilines is 3. The van der Waals surface area contributed by atoms with Gasteiger partial charge >= 0.3 is 5.97 Å². The minimum absolute atomic E-state index is 0.343. The lowest BCUT2D eigenvalue weighted by atomic mass is 10.2. The Morgan fingerprint density at radius 3 is 2.70 bits per heavy atom. The second kappa shape index (κ2) is 5.69. The average Bonchev–Trinajstić information content (AvgIpc) is 2.68. The van der Waals surface area contributed by atoms with Crippen LogP contribution in [0.1, 0.15) is 23.1 Å². The Bertz CT molecular complexity index is 632. The van der Waals surface area contributed by atoms with E-state index >= 15 is 0 Å². The first-order chi connectivity index (χ1) is 9.54. The second-order valence-corrected chi connectivity index (χ2v) is 4.54.